The van der Waals surface area contributed by atoms with Gasteiger partial charge in [0.05, 0.1) is 6.54 Å². The summed E-state index contributed by atoms with van der Waals surface area (Å²) in [4.78, 5) is 33.4. The van der Waals surface area contributed by atoms with Crippen LogP contribution in [0.1, 0.15) is 20.7 Å². The van der Waals surface area contributed by atoms with Crippen molar-refractivity contribution >= 4 is 17.7 Å². The Kier molecular flexibility index (Phi) is 4.21. The molecule has 0 aliphatic rings. The highest BCUT2D eigenvalue weighted by molar-refractivity contribution is 6.00. The minimum absolute atomic E-state index is 0.115. The molecule has 0 bridgehead atoms. The molecule has 0 unspecified atom stereocenters. The van der Waals surface area contributed by atoms with Gasteiger partial charge in [0.25, 0.3) is 5.91 Å². The second-order valence-corrected chi connectivity index (χ2v) is 3.30. The van der Waals surface area contributed by atoms with E-state index in [4.69, 9.17) is 5.73 Å². The van der Waals surface area contributed by atoms with Gasteiger partial charge >= 0.3 is 0 Å². The molecule has 0 saturated heterocycles. The average molecular weight is 235 g/mol. The predicted molar refractivity (Wildman–Crippen MR) is 61.4 cm³/mol. The molecule has 0 saturated carbocycles. The first kappa shape index (κ1) is 12.7. The second-order valence-electron chi connectivity index (χ2n) is 3.30. The van der Waals surface area contributed by atoms with Gasteiger partial charge in [-0.25, -0.2) is 0 Å². The molecule has 0 fully saturated rings. The SMILES string of the molecule is CNC(=O)CNC(=O)c1cccc(C(N)=O)c1. The molecule has 1 aromatic rings. The Bertz CT molecular complexity index is 457. The molecule has 0 atom stereocenters. The Labute approximate surface area is 98.2 Å². The van der Waals surface area contributed by atoms with Gasteiger partial charge in [-0.3, -0.25) is 14.4 Å². The van der Waals surface area contributed by atoms with Crippen LogP contribution in [0.25, 0.3) is 0 Å². The molecule has 4 N–H and O–H groups in total. The van der Waals surface area contributed by atoms with E-state index < -0.39 is 11.8 Å². The lowest BCUT2D eigenvalue weighted by molar-refractivity contribution is -0.119. The third-order valence-electron chi connectivity index (χ3n) is 2.10. The fraction of sp³-hybridized carbons (Fsp3) is 0.182. The summed E-state index contributed by atoms with van der Waals surface area (Å²) >= 11 is 0. The van der Waals surface area contributed by atoms with Crippen LogP contribution in [0.2, 0.25) is 0 Å². The van der Waals surface area contributed by atoms with Crippen LogP contribution >= 0.6 is 0 Å². The van der Waals surface area contributed by atoms with Crippen molar-refractivity contribution < 1.29 is 14.4 Å². The molecule has 0 radical (unpaired) electrons. The quantitative estimate of drug-likeness (QED) is 0.640. The molecule has 0 aliphatic heterocycles. The van der Waals surface area contributed by atoms with E-state index in [1.54, 1.807) is 6.07 Å². The number of carbonyl (C=O) groups is 3. The number of benzene rings is 1. The van der Waals surface area contributed by atoms with E-state index in [-0.39, 0.29) is 23.6 Å². The van der Waals surface area contributed by atoms with E-state index >= 15 is 0 Å². The first-order valence-corrected chi connectivity index (χ1v) is 4.93. The molecule has 0 aromatic heterocycles. The van der Waals surface area contributed by atoms with Gasteiger partial charge in [-0.1, -0.05) is 6.07 Å². The maximum Gasteiger partial charge on any atom is 0.251 e. The maximum atomic E-state index is 11.6. The number of rotatable bonds is 4. The normalized spacial score (nSPS) is 9.47. The van der Waals surface area contributed by atoms with Crippen LogP contribution in [0.5, 0.6) is 0 Å². The third kappa shape index (κ3) is 3.60. The number of nitrogens with two attached hydrogens (primary N) is 1. The second kappa shape index (κ2) is 5.64. The Balaban J connectivity index is 2.72. The van der Waals surface area contributed by atoms with Crippen LogP contribution in [0, 0.1) is 0 Å². The molecule has 0 spiro atoms. The fourth-order valence-electron chi connectivity index (χ4n) is 1.16. The van der Waals surface area contributed by atoms with Gasteiger partial charge in [0.1, 0.15) is 0 Å². The Morgan fingerprint density at radius 1 is 1.24 bits per heavy atom. The van der Waals surface area contributed by atoms with E-state index in [0.717, 1.165) is 0 Å². The van der Waals surface area contributed by atoms with E-state index in [1.165, 1.54) is 25.2 Å². The van der Waals surface area contributed by atoms with Crippen molar-refractivity contribution in [1.29, 1.82) is 0 Å². The van der Waals surface area contributed by atoms with Gasteiger partial charge in [0.2, 0.25) is 11.8 Å². The highest BCUT2D eigenvalue weighted by atomic mass is 16.2. The van der Waals surface area contributed by atoms with Crippen LogP contribution in [0.4, 0.5) is 0 Å². The number of hydrogen-bond acceptors (Lipinski definition) is 3. The van der Waals surface area contributed by atoms with E-state index in [1.807, 2.05) is 0 Å². The minimum Gasteiger partial charge on any atom is -0.366 e. The monoisotopic (exact) mass is 235 g/mol. The lowest BCUT2D eigenvalue weighted by Crippen LogP contribution is -2.35. The Morgan fingerprint density at radius 2 is 1.88 bits per heavy atom. The zero-order chi connectivity index (χ0) is 12.8. The van der Waals surface area contributed by atoms with E-state index in [0.29, 0.717) is 0 Å². The average Bonchev–Trinajstić information content (AvgIpc) is 2.35. The highest BCUT2D eigenvalue weighted by Gasteiger charge is 2.09. The molecule has 6 heteroatoms. The largest absolute Gasteiger partial charge is 0.366 e. The summed E-state index contributed by atoms with van der Waals surface area (Å²) < 4.78 is 0. The van der Waals surface area contributed by atoms with E-state index in [2.05, 4.69) is 10.6 Å². The topological polar surface area (TPSA) is 101 Å². The number of hydrogen-bond donors (Lipinski definition) is 3. The molecular weight excluding hydrogens is 222 g/mol. The Morgan fingerprint density at radius 3 is 2.47 bits per heavy atom. The van der Waals surface area contributed by atoms with Crippen molar-refractivity contribution in [3.63, 3.8) is 0 Å². The van der Waals surface area contributed by atoms with Crippen molar-refractivity contribution in [1.82, 2.24) is 10.6 Å². The molecule has 90 valence electrons. The number of primary amides is 1. The van der Waals surface area contributed by atoms with E-state index in [9.17, 15) is 14.4 Å². The lowest BCUT2D eigenvalue weighted by Gasteiger charge is -2.05. The van der Waals surface area contributed by atoms with Gasteiger partial charge < -0.3 is 16.4 Å². The van der Waals surface area contributed by atoms with Crippen molar-refractivity contribution in [2.75, 3.05) is 13.6 Å². The van der Waals surface area contributed by atoms with Gasteiger partial charge in [0.15, 0.2) is 0 Å². The first-order valence-electron chi connectivity index (χ1n) is 4.93. The van der Waals surface area contributed by atoms with Crippen LogP contribution in [0.3, 0.4) is 0 Å². The maximum absolute atomic E-state index is 11.6. The van der Waals surface area contributed by atoms with Gasteiger partial charge in [-0.05, 0) is 18.2 Å². The molecule has 0 heterocycles. The third-order valence-corrected chi connectivity index (χ3v) is 2.10. The minimum atomic E-state index is -0.606. The predicted octanol–water partition coefficient (Wildman–Crippen LogP) is -0.739. The van der Waals surface area contributed by atoms with Crippen molar-refractivity contribution in [3.05, 3.63) is 35.4 Å². The summed E-state index contributed by atoms with van der Waals surface area (Å²) in [6.45, 7) is -0.115. The summed E-state index contributed by atoms with van der Waals surface area (Å²) in [6, 6.07) is 5.97. The summed E-state index contributed by atoms with van der Waals surface area (Å²) in [5.41, 5.74) is 5.62. The lowest BCUT2D eigenvalue weighted by atomic mass is 10.1. The van der Waals surface area contributed by atoms with Crippen LogP contribution < -0.4 is 16.4 Å². The zero-order valence-electron chi connectivity index (χ0n) is 9.32. The number of carbonyl (C=O) groups excluding carboxylic acids is 3. The summed E-state index contributed by atoms with van der Waals surface area (Å²) in [5.74, 6) is -1.34. The van der Waals surface area contributed by atoms with Crippen molar-refractivity contribution in [2.45, 2.75) is 0 Å². The Hall–Kier alpha value is -2.37. The molecule has 0 aliphatic carbocycles. The summed E-state index contributed by atoms with van der Waals surface area (Å²) in [7, 11) is 1.47. The van der Waals surface area contributed by atoms with Crippen molar-refractivity contribution in [3.8, 4) is 0 Å². The van der Waals surface area contributed by atoms with Gasteiger partial charge in [-0.2, -0.15) is 0 Å². The molecule has 1 rings (SSSR count). The number of likely N-dealkylation sites (N-methyl/N-ethyl adjacent to an activating group) is 1. The van der Waals surface area contributed by atoms with Gasteiger partial charge in [-0.15, -0.1) is 0 Å². The smallest absolute Gasteiger partial charge is 0.251 e. The fourth-order valence-corrected chi connectivity index (χ4v) is 1.16. The summed E-state index contributed by atoms with van der Waals surface area (Å²) in [6.07, 6.45) is 0. The van der Waals surface area contributed by atoms with Crippen molar-refractivity contribution in [2.24, 2.45) is 5.73 Å². The standard InChI is InChI=1S/C11H13N3O3/c1-13-9(15)6-14-11(17)8-4-2-3-7(5-8)10(12)16/h2-5H,6H2,1H3,(H2,12,16)(H,13,15)(H,14,17). The first-order chi connectivity index (χ1) is 8.04. The number of amides is 3. The molecular formula is C11H13N3O3. The summed E-state index contributed by atoms with van der Waals surface area (Å²) in [5, 5.41) is 4.79. The van der Waals surface area contributed by atoms with Crippen LogP contribution in [-0.2, 0) is 4.79 Å². The highest BCUT2D eigenvalue weighted by Crippen LogP contribution is 2.04. The van der Waals surface area contributed by atoms with Gasteiger partial charge in [0, 0.05) is 18.2 Å². The molecule has 17 heavy (non-hydrogen) atoms. The molecule has 1 aromatic carbocycles. The van der Waals surface area contributed by atoms with Crippen LogP contribution in [-0.4, -0.2) is 31.3 Å². The molecule has 3 amide bonds. The molecule has 6 nitrogen and oxygen atoms in total. The van der Waals surface area contributed by atoms with Crippen LogP contribution in [0.15, 0.2) is 24.3 Å². The number of nitrogens with one attached hydrogen (secondary N) is 2. The zero-order valence-corrected chi connectivity index (χ0v) is 9.32.